The van der Waals surface area contributed by atoms with Crippen molar-refractivity contribution >= 4 is 38.3 Å². The number of para-hydroxylation sites is 2. The van der Waals surface area contributed by atoms with Crippen LogP contribution >= 0.6 is 15.9 Å². The van der Waals surface area contributed by atoms with Gasteiger partial charge in [-0.05, 0) is 36.4 Å². The van der Waals surface area contributed by atoms with Crippen molar-refractivity contribution in [1.82, 2.24) is 9.97 Å². The van der Waals surface area contributed by atoms with Crippen LogP contribution in [0.2, 0.25) is 0 Å². The van der Waals surface area contributed by atoms with Gasteiger partial charge in [-0.2, -0.15) is 0 Å². The average molecular weight is 463 g/mol. The molecule has 1 saturated heterocycles. The summed E-state index contributed by atoms with van der Waals surface area (Å²) in [5.41, 5.74) is 2.56. The normalized spacial score (nSPS) is 14.3. The maximum absolute atomic E-state index is 14.2. The first-order chi connectivity index (χ1) is 14.7. The van der Waals surface area contributed by atoms with E-state index >= 15 is 0 Å². The van der Waals surface area contributed by atoms with Gasteiger partial charge in [-0.1, -0.05) is 52.3 Å². The molecule has 1 fully saturated rings. The Balaban J connectivity index is 1.49. The lowest BCUT2D eigenvalue weighted by molar-refractivity contribution is 0.597. The number of halogens is 2. The molecule has 30 heavy (non-hydrogen) atoms. The molecule has 0 radical (unpaired) electrons. The van der Waals surface area contributed by atoms with Gasteiger partial charge < -0.3 is 9.80 Å². The molecule has 0 N–H and O–H groups in total. The summed E-state index contributed by atoms with van der Waals surface area (Å²) >= 11 is 3.54. The number of hydrogen-bond acceptors (Lipinski definition) is 4. The summed E-state index contributed by atoms with van der Waals surface area (Å²) < 4.78 is 15.2. The Kier molecular flexibility index (Phi) is 5.09. The molecule has 0 saturated carbocycles. The molecule has 1 aliphatic rings. The average Bonchev–Trinajstić information content (AvgIpc) is 2.79. The van der Waals surface area contributed by atoms with Crippen LogP contribution in [0.5, 0.6) is 0 Å². The summed E-state index contributed by atoms with van der Waals surface area (Å²) in [5.74, 6) is 1.47. The van der Waals surface area contributed by atoms with Crippen molar-refractivity contribution < 1.29 is 4.39 Å². The van der Waals surface area contributed by atoms with Gasteiger partial charge in [0.2, 0.25) is 0 Å². The molecular weight excluding hydrogens is 443 g/mol. The summed E-state index contributed by atoms with van der Waals surface area (Å²) in [6.45, 7) is 3.03. The van der Waals surface area contributed by atoms with E-state index in [1.165, 1.54) is 6.07 Å². The second-order valence-electron chi connectivity index (χ2n) is 7.32. The van der Waals surface area contributed by atoms with Crippen molar-refractivity contribution in [2.24, 2.45) is 0 Å². The lowest BCUT2D eigenvalue weighted by Crippen LogP contribution is -2.47. The zero-order chi connectivity index (χ0) is 20.5. The van der Waals surface area contributed by atoms with E-state index in [1.807, 2.05) is 54.6 Å². The van der Waals surface area contributed by atoms with E-state index < -0.39 is 0 Å². The zero-order valence-corrected chi connectivity index (χ0v) is 17.9. The maximum Gasteiger partial charge on any atom is 0.162 e. The molecule has 150 valence electrons. The third-order valence-corrected chi connectivity index (χ3v) is 5.93. The van der Waals surface area contributed by atoms with Crippen molar-refractivity contribution in [2.45, 2.75) is 0 Å². The zero-order valence-electron chi connectivity index (χ0n) is 16.3. The second-order valence-corrected chi connectivity index (χ2v) is 8.24. The first-order valence-electron chi connectivity index (χ1n) is 9.96. The van der Waals surface area contributed by atoms with E-state index in [4.69, 9.17) is 9.97 Å². The standard InChI is InChI=1S/C24H20BrFN4/c25-18-7-5-6-17(16-18)23-27-21-10-3-1-8-19(21)24(28-23)30-14-12-29(13-15-30)22-11-4-2-9-20(22)26/h1-11,16H,12-15H2. The molecule has 0 amide bonds. The van der Waals surface area contributed by atoms with Gasteiger partial charge in [0, 0.05) is 41.6 Å². The SMILES string of the molecule is Fc1ccccc1N1CCN(c2nc(-c3cccc(Br)c3)nc3ccccc23)CC1. The number of hydrogen-bond donors (Lipinski definition) is 0. The summed E-state index contributed by atoms with van der Waals surface area (Å²) in [4.78, 5) is 14.1. The molecule has 1 aromatic heterocycles. The van der Waals surface area contributed by atoms with Crippen molar-refractivity contribution in [3.8, 4) is 11.4 Å². The van der Waals surface area contributed by atoms with Gasteiger partial charge in [-0.15, -0.1) is 0 Å². The van der Waals surface area contributed by atoms with E-state index in [1.54, 1.807) is 6.07 Å². The Morgan fingerprint density at radius 1 is 0.767 bits per heavy atom. The predicted octanol–water partition coefficient (Wildman–Crippen LogP) is 5.53. The van der Waals surface area contributed by atoms with E-state index in [0.29, 0.717) is 11.5 Å². The monoisotopic (exact) mass is 462 g/mol. The molecule has 4 nitrogen and oxygen atoms in total. The lowest BCUT2D eigenvalue weighted by atomic mass is 10.1. The summed E-state index contributed by atoms with van der Waals surface area (Å²) in [6, 6.07) is 23.1. The fourth-order valence-corrected chi connectivity index (χ4v) is 4.32. The predicted molar refractivity (Wildman–Crippen MR) is 124 cm³/mol. The third kappa shape index (κ3) is 3.63. The van der Waals surface area contributed by atoms with E-state index in [0.717, 1.165) is 52.9 Å². The largest absolute Gasteiger partial charge is 0.366 e. The number of nitrogens with zero attached hydrogens (tertiary/aromatic N) is 4. The molecule has 3 aromatic carbocycles. The summed E-state index contributed by atoms with van der Waals surface area (Å²) in [7, 11) is 0. The molecule has 0 atom stereocenters. The molecule has 5 rings (SSSR count). The number of anilines is 2. The Morgan fingerprint density at radius 3 is 2.30 bits per heavy atom. The smallest absolute Gasteiger partial charge is 0.162 e. The summed E-state index contributed by atoms with van der Waals surface area (Å²) in [5, 5.41) is 1.04. The highest BCUT2D eigenvalue weighted by Crippen LogP contribution is 2.30. The Hall–Kier alpha value is -2.99. The minimum atomic E-state index is -0.171. The minimum absolute atomic E-state index is 0.171. The first-order valence-corrected chi connectivity index (χ1v) is 10.8. The van der Waals surface area contributed by atoms with Crippen LogP contribution in [-0.4, -0.2) is 36.1 Å². The van der Waals surface area contributed by atoms with Crippen LogP contribution in [0.15, 0.2) is 77.3 Å². The first kappa shape index (κ1) is 19.0. The van der Waals surface area contributed by atoms with Gasteiger partial charge in [0.25, 0.3) is 0 Å². The fourth-order valence-electron chi connectivity index (χ4n) is 3.92. The molecule has 0 spiro atoms. The van der Waals surface area contributed by atoms with Crippen molar-refractivity contribution in [1.29, 1.82) is 0 Å². The molecule has 0 aliphatic carbocycles. The van der Waals surface area contributed by atoms with E-state index in [2.05, 4.69) is 31.8 Å². The molecule has 0 bridgehead atoms. The van der Waals surface area contributed by atoms with E-state index in [-0.39, 0.29) is 5.82 Å². The van der Waals surface area contributed by atoms with Gasteiger partial charge in [-0.25, -0.2) is 14.4 Å². The fraction of sp³-hybridized carbons (Fsp3) is 0.167. The van der Waals surface area contributed by atoms with E-state index in [9.17, 15) is 4.39 Å². The van der Waals surface area contributed by atoms with Crippen LogP contribution in [0, 0.1) is 5.82 Å². The van der Waals surface area contributed by atoms with Gasteiger partial charge in [-0.3, -0.25) is 0 Å². The number of rotatable bonds is 3. The molecule has 1 aliphatic heterocycles. The maximum atomic E-state index is 14.2. The van der Waals surface area contributed by atoms with Crippen molar-refractivity contribution in [3.63, 3.8) is 0 Å². The Bertz CT molecular complexity index is 1200. The quantitative estimate of drug-likeness (QED) is 0.400. The topological polar surface area (TPSA) is 32.3 Å². The molecular formula is C24H20BrFN4. The van der Waals surface area contributed by atoms with Gasteiger partial charge in [0.15, 0.2) is 5.82 Å². The molecule has 0 unspecified atom stereocenters. The van der Waals surface area contributed by atoms with Crippen LogP contribution in [0.4, 0.5) is 15.9 Å². The number of fused-ring (bicyclic) bond motifs is 1. The van der Waals surface area contributed by atoms with Gasteiger partial charge >= 0.3 is 0 Å². The highest BCUT2D eigenvalue weighted by Gasteiger charge is 2.22. The molecule has 4 aromatic rings. The van der Waals surface area contributed by atoms with Crippen LogP contribution in [0.3, 0.4) is 0 Å². The number of benzene rings is 3. The van der Waals surface area contributed by atoms with Crippen molar-refractivity contribution in [2.75, 3.05) is 36.0 Å². The third-order valence-electron chi connectivity index (χ3n) is 5.44. The molecule has 2 heterocycles. The summed E-state index contributed by atoms with van der Waals surface area (Å²) in [6.07, 6.45) is 0. The highest BCUT2D eigenvalue weighted by atomic mass is 79.9. The minimum Gasteiger partial charge on any atom is -0.366 e. The number of aromatic nitrogens is 2. The van der Waals surface area contributed by atoms with Crippen LogP contribution in [-0.2, 0) is 0 Å². The van der Waals surface area contributed by atoms with Gasteiger partial charge in [0.1, 0.15) is 11.6 Å². The Labute approximate surface area is 183 Å². The number of piperazine rings is 1. The Morgan fingerprint density at radius 2 is 1.50 bits per heavy atom. The van der Waals surface area contributed by atoms with Gasteiger partial charge in [0.05, 0.1) is 11.2 Å². The van der Waals surface area contributed by atoms with Crippen molar-refractivity contribution in [3.05, 3.63) is 83.1 Å². The lowest BCUT2D eigenvalue weighted by Gasteiger charge is -2.37. The molecule has 6 heteroatoms. The highest BCUT2D eigenvalue weighted by molar-refractivity contribution is 9.10. The van der Waals surface area contributed by atoms with Crippen LogP contribution < -0.4 is 9.80 Å². The van der Waals surface area contributed by atoms with Crippen LogP contribution in [0.25, 0.3) is 22.3 Å². The second kappa shape index (κ2) is 8.03. The van der Waals surface area contributed by atoms with Crippen LogP contribution in [0.1, 0.15) is 0 Å².